The maximum Gasteiger partial charge on any atom is 0.270 e. The molecule has 20 heavy (non-hydrogen) atoms. The summed E-state index contributed by atoms with van der Waals surface area (Å²) in [7, 11) is 0. The van der Waals surface area contributed by atoms with Crippen LogP contribution in [0.2, 0.25) is 0 Å². The molecule has 0 saturated carbocycles. The van der Waals surface area contributed by atoms with Gasteiger partial charge in [0, 0.05) is 46.9 Å². The predicted molar refractivity (Wildman–Crippen MR) is 83.4 cm³/mol. The third-order valence-electron chi connectivity index (χ3n) is 2.87. The number of non-ortho nitro benzene ring substituents is 1. The highest BCUT2D eigenvalue weighted by molar-refractivity contribution is 8.06. The molecule has 1 aliphatic heterocycles. The van der Waals surface area contributed by atoms with Crippen LogP contribution in [0.3, 0.4) is 0 Å². The topological polar surface area (TPSA) is 98.3 Å². The molecule has 1 amide bonds. The normalized spacial score (nSPS) is 18.5. The van der Waals surface area contributed by atoms with E-state index in [9.17, 15) is 14.9 Å². The fourth-order valence-corrected chi connectivity index (χ4v) is 4.42. The van der Waals surface area contributed by atoms with Crippen LogP contribution >= 0.6 is 23.5 Å². The number of nitrogens with two attached hydrogens (primary N) is 1. The van der Waals surface area contributed by atoms with Crippen LogP contribution in [0.1, 0.15) is 10.4 Å². The van der Waals surface area contributed by atoms with Crippen molar-refractivity contribution in [3.8, 4) is 0 Å². The van der Waals surface area contributed by atoms with Crippen molar-refractivity contribution in [1.82, 2.24) is 5.32 Å². The number of thioether (sulfide) groups is 2. The highest BCUT2D eigenvalue weighted by atomic mass is 32.2. The van der Waals surface area contributed by atoms with Crippen molar-refractivity contribution >= 4 is 40.8 Å². The molecule has 0 spiro atoms. The van der Waals surface area contributed by atoms with Crippen LogP contribution in [0, 0.1) is 10.1 Å². The highest BCUT2D eigenvalue weighted by Gasteiger charge is 2.18. The number of hydrogen-bond donors (Lipinski definition) is 2. The minimum Gasteiger partial charge on any atom is -0.398 e. The Labute approximate surface area is 125 Å². The standard InChI is InChI=1S/C12H15N3O3S2/c13-11-2-1-8(15(17)18)5-10(11)12(16)14-6-9-7-19-3-4-20-9/h1-2,5,9H,3-4,6-7,13H2,(H,14,16). The van der Waals surface area contributed by atoms with Crippen molar-refractivity contribution in [3.05, 3.63) is 33.9 Å². The SMILES string of the molecule is Nc1ccc([N+](=O)[O-])cc1C(=O)NCC1CSCCS1. The lowest BCUT2D eigenvalue weighted by Crippen LogP contribution is -2.33. The summed E-state index contributed by atoms with van der Waals surface area (Å²) in [5.41, 5.74) is 5.98. The summed E-state index contributed by atoms with van der Waals surface area (Å²) >= 11 is 3.71. The van der Waals surface area contributed by atoms with E-state index >= 15 is 0 Å². The van der Waals surface area contributed by atoms with Crippen molar-refractivity contribution in [2.24, 2.45) is 0 Å². The van der Waals surface area contributed by atoms with Crippen LogP contribution < -0.4 is 11.1 Å². The number of nitrogen functional groups attached to an aromatic ring is 1. The van der Waals surface area contributed by atoms with E-state index in [0.717, 1.165) is 17.3 Å². The maximum absolute atomic E-state index is 12.1. The molecule has 1 heterocycles. The molecule has 2 rings (SSSR count). The van der Waals surface area contributed by atoms with E-state index in [1.807, 2.05) is 23.5 Å². The van der Waals surface area contributed by atoms with E-state index in [0.29, 0.717) is 11.8 Å². The van der Waals surface area contributed by atoms with Gasteiger partial charge in [0.2, 0.25) is 0 Å². The molecule has 1 saturated heterocycles. The summed E-state index contributed by atoms with van der Waals surface area (Å²) in [5.74, 6) is 2.88. The maximum atomic E-state index is 12.1. The molecule has 1 aromatic carbocycles. The lowest BCUT2D eigenvalue weighted by Gasteiger charge is -2.21. The second-order valence-electron chi connectivity index (χ2n) is 4.31. The smallest absolute Gasteiger partial charge is 0.270 e. The molecule has 1 atom stereocenters. The average Bonchev–Trinajstić information content (AvgIpc) is 2.46. The van der Waals surface area contributed by atoms with Crippen LogP contribution in [-0.4, -0.2) is 39.9 Å². The number of carbonyl (C=O) groups is 1. The van der Waals surface area contributed by atoms with Crippen LogP contribution in [0.4, 0.5) is 11.4 Å². The number of nitro benzene ring substituents is 1. The zero-order valence-electron chi connectivity index (χ0n) is 10.7. The fourth-order valence-electron chi connectivity index (χ4n) is 1.81. The minimum atomic E-state index is -0.538. The third-order valence-corrected chi connectivity index (χ3v) is 5.71. The van der Waals surface area contributed by atoms with Crippen molar-refractivity contribution in [3.63, 3.8) is 0 Å². The Morgan fingerprint density at radius 1 is 1.50 bits per heavy atom. The van der Waals surface area contributed by atoms with Gasteiger partial charge in [0.05, 0.1) is 10.5 Å². The predicted octanol–water partition coefficient (Wildman–Crippen LogP) is 1.76. The molecule has 1 aliphatic rings. The molecule has 0 aromatic heterocycles. The van der Waals surface area contributed by atoms with Gasteiger partial charge >= 0.3 is 0 Å². The monoisotopic (exact) mass is 313 g/mol. The van der Waals surface area contributed by atoms with Crippen molar-refractivity contribution in [2.75, 3.05) is 29.5 Å². The lowest BCUT2D eigenvalue weighted by molar-refractivity contribution is -0.384. The molecule has 108 valence electrons. The van der Waals surface area contributed by atoms with Gasteiger partial charge in [-0.2, -0.15) is 23.5 Å². The van der Waals surface area contributed by atoms with Crippen LogP contribution in [0.15, 0.2) is 18.2 Å². The number of hydrogen-bond acceptors (Lipinski definition) is 6. The Morgan fingerprint density at radius 2 is 2.30 bits per heavy atom. The fraction of sp³-hybridized carbons (Fsp3) is 0.417. The first kappa shape index (κ1) is 15.0. The Hall–Kier alpha value is -1.41. The van der Waals surface area contributed by atoms with Crippen LogP contribution in [0.5, 0.6) is 0 Å². The van der Waals surface area contributed by atoms with Gasteiger partial charge in [0.25, 0.3) is 11.6 Å². The van der Waals surface area contributed by atoms with Gasteiger partial charge in [-0.3, -0.25) is 14.9 Å². The first-order valence-corrected chi connectivity index (χ1v) is 8.29. The molecule has 1 aromatic rings. The zero-order valence-corrected chi connectivity index (χ0v) is 12.3. The van der Waals surface area contributed by atoms with E-state index in [1.54, 1.807) is 0 Å². The first-order chi connectivity index (χ1) is 9.58. The van der Waals surface area contributed by atoms with Gasteiger partial charge in [-0.1, -0.05) is 0 Å². The molecule has 0 aliphatic carbocycles. The summed E-state index contributed by atoms with van der Waals surface area (Å²) in [5, 5.41) is 13.9. The molecule has 1 fully saturated rings. The van der Waals surface area contributed by atoms with Crippen molar-refractivity contribution in [1.29, 1.82) is 0 Å². The molecular formula is C12H15N3O3S2. The summed E-state index contributed by atoms with van der Waals surface area (Å²) in [6.07, 6.45) is 0. The first-order valence-electron chi connectivity index (χ1n) is 6.09. The Balaban J connectivity index is 2.00. The molecule has 0 bridgehead atoms. The Bertz CT molecular complexity index is 519. The molecule has 6 nitrogen and oxygen atoms in total. The molecule has 1 unspecified atom stereocenters. The number of nitro groups is 1. The van der Waals surface area contributed by atoms with Gasteiger partial charge in [-0.05, 0) is 6.07 Å². The average molecular weight is 313 g/mol. The second kappa shape index (κ2) is 6.85. The number of rotatable bonds is 4. The molecule has 3 N–H and O–H groups in total. The quantitative estimate of drug-likeness (QED) is 0.499. The number of carbonyl (C=O) groups excluding carboxylic acids is 1. The van der Waals surface area contributed by atoms with Crippen LogP contribution in [-0.2, 0) is 0 Å². The second-order valence-corrected chi connectivity index (χ2v) is 6.86. The summed E-state index contributed by atoms with van der Waals surface area (Å²) in [6, 6.07) is 3.89. The number of anilines is 1. The molecule has 0 radical (unpaired) electrons. The van der Waals surface area contributed by atoms with Gasteiger partial charge in [0.1, 0.15) is 0 Å². The Morgan fingerprint density at radius 3 is 2.95 bits per heavy atom. The zero-order chi connectivity index (χ0) is 14.5. The number of benzene rings is 1. The Kier molecular flexibility index (Phi) is 5.13. The summed E-state index contributed by atoms with van der Waals surface area (Å²) in [4.78, 5) is 22.2. The van der Waals surface area contributed by atoms with E-state index < -0.39 is 4.92 Å². The van der Waals surface area contributed by atoms with Crippen LogP contribution in [0.25, 0.3) is 0 Å². The van der Waals surface area contributed by atoms with Crippen molar-refractivity contribution in [2.45, 2.75) is 5.25 Å². The minimum absolute atomic E-state index is 0.132. The number of nitrogens with zero attached hydrogens (tertiary/aromatic N) is 1. The highest BCUT2D eigenvalue weighted by Crippen LogP contribution is 2.24. The molecule has 8 heteroatoms. The lowest BCUT2D eigenvalue weighted by atomic mass is 10.1. The molecular weight excluding hydrogens is 298 g/mol. The van der Waals surface area contributed by atoms with E-state index in [4.69, 9.17) is 5.73 Å². The van der Waals surface area contributed by atoms with E-state index in [2.05, 4.69) is 5.32 Å². The number of amides is 1. The van der Waals surface area contributed by atoms with Gasteiger partial charge < -0.3 is 11.1 Å². The van der Waals surface area contributed by atoms with Gasteiger partial charge in [-0.15, -0.1) is 0 Å². The summed E-state index contributed by atoms with van der Waals surface area (Å²) < 4.78 is 0. The third kappa shape index (κ3) is 3.80. The van der Waals surface area contributed by atoms with Gasteiger partial charge in [0.15, 0.2) is 0 Å². The number of nitrogens with one attached hydrogen (secondary N) is 1. The summed E-state index contributed by atoms with van der Waals surface area (Å²) in [6.45, 7) is 0.554. The van der Waals surface area contributed by atoms with E-state index in [1.165, 1.54) is 18.2 Å². The van der Waals surface area contributed by atoms with Crippen molar-refractivity contribution < 1.29 is 9.72 Å². The largest absolute Gasteiger partial charge is 0.398 e. The van der Waals surface area contributed by atoms with Gasteiger partial charge in [-0.25, -0.2) is 0 Å². The van der Waals surface area contributed by atoms with E-state index in [-0.39, 0.29) is 22.8 Å².